The molecule has 0 bridgehead atoms. The monoisotopic (exact) mass is 676 g/mol. The highest BCUT2D eigenvalue weighted by Crippen LogP contribution is 2.44. The zero-order valence-corrected chi connectivity index (χ0v) is 29.4. The molecule has 2 heteroatoms. The molecule has 0 radical (unpaired) electrons. The molecule has 10 aromatic rings. The molecule has 0 unspecified atom stereocenters. The predicted molar refractivity (Wildman–Crippen MR) is 227 cm³/mol. The van der Waals surface area contributed by atoms with Crippen LogP contribution in [0.25, 0.3) is 82.4 Å². The highest BCUT2D eigenvalue weighted by atomic mass is 15.1. The normalized spacial score (nSPS) is 11.5. The minimum atomic E-state index is 1.16. The molecule has 250 valence electrons. The fourth-order valence-corrected chi connectivity index (χ4v) is 8.12. The van der Waals surface area contributed by atoms with Gasteiger partial charge in [0, 0.05) is 40.3 Å². The lowest BCUT2D eigenvalue weighted by Gasteiger charge is -2.19. The summed E-state index contributed by atoms with van der Waals surface area (Å²) in [6.07, 6.45) is 0. The number of benzene rings is 9. The van der Waals surface area contributed by atoms with Crippen molar-refractivity contribution >= 4 is 54.7 Å². The number of anilines is 2. The summed E-state index contributed by atoms with van der Waals surface area (Å²) in [5.41, 5.74) is 13.2. The lowest BCUT2D eigenvalue weighted by atomic mass is 9.95. The lowest BCUT2D eigenvalue weighted by molar-refractivity contribution is 1.19. The van der Waals surface area contributed by atoms with Crippen molar-refractivity contribution in [3.63, 3.8) is 0 Å². The van der Waals surface area contributed by atoms with Crippen LogP contribution in [0.2, 0.25) is 0 Å². The maximum absolute atomic E-state index is 2.48. The minimum absolute atomic E-state index is 1.16. The molecular weight excluding hydrogens is 641 g/mol. The largest absolute Gasteiger partial charge is 0.345 e. The highest BCUT2D eigenvalue weighted by Gasteiger charge is 2.20. The first-order valence-corrected chi connectivity index (χ1v) is 18.2. The van der Waals surface area contributed by atoms with E-state index in [0.29, 0.717) is 0 Å². The standard InChI is InChI=1S/C51H36N2/c1-52(41-16-6-3-7-17-41)42-30-27-37(28-31-42)36-23-25-38(26-24-36)40-29-32-49-48(34-40)50-46-21-10-8-19-44(46)45-20-9-11-22-47(45)51(50)53(49)43-18-12-15-39(33-43)35-13-4-2-5-14-35/h2-34H,1H3. The SMILES string of the molecule is CN(c1ccccc1)c1ccc(-c2ccc(-c3ccc4c(c3)c3c5ccccc5c5ccccc5c3n4-c3cccc(-c4ccccc4)c3)cc2)cc1. The summed E-state index contributed by atoms with van der Waals surface area (Å²) in [4.78, 5) is 2.21. The average molecular weight is 677 g/mol. The van der Waals surface area contributed by atoms with Gasteiger partial charge in [-0.05, 0) is 98.1 Å². The molecule has 1 heterocycles. The first kappa shape index (κ1) is 30.9. The van der Waals surface area contributed by atoms with E-state index in [-0.39, 0.29) is 0 Å². The summed E-state index contributed by atoms with van der Waals surface area (Å²) in [5, 5.41) is 7.63. The van der Waals surface area contributed by atoms with Crippen LogP contribution in [-0.4, -0.2) is 11.6 Å². The van der Waals surface area contributed by atoms with Crippen LogP contribution in [0.4, 0.5) is 11.4 Å². The second-order valence-electron chi connectivity index (χ2n) is 13.8. The topological polar surface area (TPSA) is 8.17 Å². The van der Waals surface area contributed by atoms with Crippen LogP contribution in [0.15, 0.2) is 200 Å². The van der Waals surface area contributed by atoms with Crippen LogP contribution >= 0.6 is 0 Å². The van der Waals surface area contributed by atoms with Crippen molar-refractivity contribution in [1.82, 2.24) is 4.57 Å². The Hall–Kier alpha value is -6.90. The zero-order chi connectivity index (χ0) is 35.3. The van der Waals surface area contributed by atoms with Gasteiger partial charge in [-0.1, -0.05) is 152 Å². The molecule has 53 heavy (non-hydrogen) atoms. The minimum Gasteiger partial charge on any atom is -0.345 e. The molecule has 9 aromatic carbocycles. The average Bonchev–Trinajstić information content (AvgIpc) is 3.59. The van der Waals surface area contributed by atoms with E-state index in [1.807, 2.05) is 0 Å². The Kier molecular flexibility index (Phi) is 7.40. The maximum atomic E-state index is 2.48. The van der Waals surface area contributed by atoms with Gasteiger partial charge in [0.15, 0.2) is 0 Å². The van der Waals surface area contributed by atoms with Crippen LogP contribution < -0.4 is 4.90 Å². The molecule has 0 saturated carbocycles. The van der Waals surface area contributed by atoms with Gasteiger partial charge < -0.3 is 9.47 Å². The van der Waals surface area contributed by atoms with Gasteiger partial charge in [0.25, 0.3) is 0 Å². The van der Waals surface area contributed by atoms with Gasteiger partial charge in [-0.15, -0.1) is 0 Å². The van der Waals surface area contributed by atoms with Crippen molar-refractivity contribution in [2.75, 3.05) is 11.9 Å². The Labute approximate surface area is 309 Å². The van der Waals surface area contributed by atoms with Gasteiger partial charge >= 0.3 is 0 Å². The van der Waals surface area contributed by atoms with Crippen LogP contribution in [0.1, 0.15) is 0 Å². The Balaban J connectivity index is 1.11. The van der Waals surface area contributed by atoms with Crippen LogP contribution in [0.3, 0.4) is 0 Å². The number of nitrogens with zero attached hydrogens (tertiary/aromatic N) is 2. The van der Waals surface area contributed by atoms with Gasteiger partial charge in [-0.2, -0.15) is 0 Å². The molecule has 0 spiro atoms. The van der Waals surface area contributed by atoms with Gasteiger partial charge in [0.05, 0.1) is 11.0 Å². The van der Waals surface area contributed by atoms with Crippen molar-refractivity contribution < 1.29 is 0 Å². The smallest absolute Gasteiger partial charge is 0.0625 e. The quantitative estimate of drug-likeness (QED) is 0.159. The molecule has 2 nitrogen and oxygen atoms in total. The van der Waals surface area contributed by atoms with E-state index >= 15 is 0 Å². The number of fused-ring (bicyclic) bond motifs is 8. The van der Waals surface area contributed by atoms with Crippen molar-refractivity contribution in [3.05, 3.63) is 200 Å². The van der Waals surface area contributed by atoms with Crippen molar-refractivity contribution in [2.45, 2.75) is 0 Å². The Morgan fingerprint density at radius 2 is 0.811 bits per heavy atom. The number of aromatic nitrogens is 1. The molecule has 0 fully saturated rings. The van der Waals surface area contributed by atoms with Gasteiger partial charge in [0.2, 0.25) is 0 Å². The van der Waals surface area contributed by atoms with Gasteiger partial charge in [-0.25, -0.2) is 0 Å². The maximum Gasteiger partial charge on any atom is 0.0625 e. The van der Waals surface area contributed by atoms with E-state index in [1.165, 1.54) is 82.4 Å². The Morgan fingerprint density at radius 3 is 1.51 bits per heavy atom. The third kappa shape index (κ3) is 5.27. The summed E-state index contributed by atoms with van der Waals surface area (Å²) in [7, 11) is 2.11. The molecule has 0 aliphatic heterocycles. The van der Waals surface area contributed by atoms with E-state index in [9.17, 15) is 0 Å². The third-order valence-electron chi connectivity index (χ3n) is 10.8. The second-order valence-corrected chi connectivity index (χ2v) is 13.8. The fraction of sp³-hybridized carbons (Fsp3) is 0.0196. The molecule has 0 aliphatic carbocycles. The summed E-state index contributed by atoms with van der Waals surface area (Å²) in [6.45, 7) is 0. The first-order valence-electron chi connectivity index (χ1n) is 18.2. The molecule has 0 amide bonds. The third-order valence-corrected chi connectivity index (χ3v) is 10.8. The highest BCUT2D eigenvalue weighted by molar-refractivity contribution is 6.32. The molecule has 0 N–H and O–H groups in total. The molecule has 1 aromatic heterocycles. The molecule has 0 aliphatic rings. The summed E-state index contributed by atoms with van der Waals surface area (Å²) in [6, 6.07) is 72.7. The van der Waals surface area contributed by atoms with Crippen LogP contribution in [-0.2, 0) is 0 Å². The predicted octanol–water partition coefficient (Wildman–Crippen LogP) is 13.9. The second kappa shape index (κ2) is 12.7. The Bertz CT molecular complexity index is 2920. The van der Waals surface area contributed by atoms with E-state index in [2.05, 4.69) is 217 Å². The van der Waals surface area contributed by atoms with E-state index in [1.54, 1.807) is 0 Å². The van der Waals surface area contributed by atoms with E-state index in [4.69, 9.17) is 0 Å². The zero-order valence-electron chi connectivity index (χ0n) is 29.4. The van der Waals surface area contributed by atoms with Crippen molar-refractivity contribution in [2.24, 2.45) is 0 Å². The Morgan fingerprint density at radius 1 is 0.340 bits per heavy atom. The molecule has 0 saturated heterocycles. The van der Waals surface area contributed by atoms with Gasteiger partial charge in [0.1, 0.15) is 0 Å². The fourth-order valence-electron chi connectivity index (χ4n) is 8.12. The molecule has 0 atom stereocenters. The van der Waals surface area contributed by atoms with Crippen molar-refractivity contribution in [3.8, 4) is 39.1 Å². The molecule has 10 rings (SSSR count). The number of rotatable bonds is 6. The van der Waals surface area contributed by atoms with E-state index < -0.39 is 0 Å². The number of hydrogen-bond donors (Lipinski definition) is 0. The lowest BCUT2D eigenvalue weighted by Crippen LogP contribution is -2.08. The summed E-state index contributed by atoms with van der Waals surface area (Å²) < 4.78 is 2.48. The molecular formula is C51H36N2. The number of hydrogen-bond acceptors (Lipinski definition) is 1. The van der Waals surface area contributed by atoms with E-state index in [0.717, 1.165) is 11.4 Å². The van der Waals surface area contributed by atoms with Gasteiger partial charge in [-0.3, -0.25) is 0 Å². The van der Waals surface area contributed by atoms with Crippen molar-refractivity contribution in [1.29, 1.82) is 0 Å². The summed E-state index contributed by atoms with van der Waals surface area (Å²) >= 11 is 0. The van der Waals surface area contributed by atoms with Crippen LogP contribution in [0.5, 0.6) is 0 Å². The first-order chi connectivity index (χ1) is 26.2. The summed E-state index contributed by atoms with van der Waals surface area (Å²) in [5.74, 6) is 0. The van der Waals surface area contributed by atoms with Crippen LogP contribution in [0, 0.1) is 0 Å². The number of para-hydroxylation sites is 1.